The molecule has 0 saturated carbocycles. The first-order valence-corrected chi connectivity index (χ1v) is 9.95. The van der Waals surface area contributed by atoms with E-state index in [1.807, 2.05) is 30.6 Å². The molecule has 1 aliphatic heterocycles. The van der Waals surface area contributed by atoms with Gasteiger partial charge < -0.3 is 45.7 Å². The average molecular weight is 490 g/mol. The standard InChI is InChI=1S/C21H27N2O6.BF4/c1-24-14-9-16(26-3)20(17(10-14)27-4)22-7-8-23(13-22)21-18(28-5)11-15(25-2)12-19(21)29-6;2-1(3,4)5/h9-13H,7-8H2,1-6H3;/q+1;-1. The highest BCUT2D eigenvalue weighted by molar-refractivity contribution is 6.50. The quantitative estimate of drug-likeness (QED) is 0.312. The SMILES string of the molecule is COc1cc(OC)c(N2C=[N+](c3c(OC)cc(OC)cc3OC)CC2)c(OC)c1.F[B-](F)(F)F. The predicted octanol–water partition coefficient (Wildman–Crippen LogP) is 4.23. The molecule has 8 nitrogen and oxygen atoms in total. The van der Waals surface area contributed by atoms with E-state index in [2.05, 4.69) is 9.48 Å². The summed E-state index contributed by atoms with van der Waals surface area (Å²) in [5.41, 5.74) is 1.65. The Morgan fingerprint density at radius 2 is 1.06 bits per heavy atom. The van der Waals surface area contributed by atoms with Crippen molar-refractivity contribution in [1.82, 2.24) is 0 Å². The molecular weight excluding hydrogens is 463 g/mol. The molecule has 0 unspecified atom stereocenters. The van der Waals surface area contributed by atoms with Crippen molar-refractivity contribution in [2.45, 2.75) is 0 Å². The normalized spacial score (nSPS) is 12.9. The number of ether oxygens (including phenoxy) is 6. The van der Waals surface area contributed by atoms with Gasteiger partial charge in [0.25, 0.3) is 0 Å². The van der Waals surface area contributed by atoms with Gasteiger partial charge in [0.2, 0.25) is 17.7 Å². The van der Waals surface area contributed by atoms with Crippen molar-refractivity contribution in [2.75, 3.05) is 60.6 Å². The number of rotatable bonds is 8. The van der Waals surface area contributed by atoms with Crippen LogP contribution in [0, 0.1) is 0 Å². The van der Waals surface area contributed by atoms with E-state index in [0.29, 0.717) is 34.5 Å². The van der Waals surface area contributed by atoms with Crippen molar-refractivity contribution in [3.8, 4) is 34.5 Å². The van der Waals surface area contributed by atoms with Gasteiger partial charge in [-0.05, 0) is 0 Å². The Balaban J connectivity index is 0.000000739. The first-order valence-electron chi connectivity index (χ1n) is 9.95. The molecule has 0 fully saturated rings. The summed E-state index contributed by atoms with van der Waals surface area (Å²) in [4.78, 5) is 2.07. The fraction of sp³-hybridized carbons (Fsp3) is 0.381. The van der Waals surface area contributed by atoms with Crippen LogP contribution in [0.3, 0.4) is 0 Å². The maximum Gasteiger partial charge on any atom is 0.673 e. The molecule has 0 spiro atoms. The first kappa shape index (κ1) is 26.7. The molecule has 0 atom stereocenters. The van der Waals surface area contributed by atoms with Crippen molar-refractivity contribution in [3.05, 3.63) is 24.3 Å². The Bertz CT molecular complexity index is 963. The summed E-state index contributed by atoms with van der Waals surface area (Å²) >= 11 is 0. The molecule has 0 aromatic heterocycles. The highest BCUT2D eigenvalue weighted by atomic mass is 19.5. The molecule has 2 aromatic carbocycles. The fourth-order valence-electron chi connectivity index (χ4n) is 3.38. The Labute approximate surface area is 195 Å². The lowest BCUT2D eigenvalue weighted by atomic mass is 10.2. The third-order valence-electron chi connectivity index (χ3n) is 4.81. The van der Waals surface area contributed by atoms with Crippen LogP contribution in [0.2, 0.25) is 0 Å². The van der Waals surface area contributed by atoms with Gasteiger partial charge in [-0.3, -0.25) is 0 Å². The Kier molecular flexibility index (Phi) is 9.10. The van der Waals surface area contributed by atoms with Crippen molar-refractivity contribution >= 4 is 25.0 Å². The Morgan fingerprint density at radius 1 is 0.676 bits per heavy atom. The Hall–Kier alpha value is -3.51. The molecular formula is C21H27BF4N2O6. The molecule has 1 heterocycles. The van der Waals surface area contributed by atoms with Crippen molar-refractivity contribution < 1.29 is 50.3 Å². The van der Waals surface area contributed by atoms with Crippen molar-refractivity contribution in [1.29, 1.82) is 0 Å². The highest BCUT2D eigenvalue weighted by Crippen LogP contribution is 2.44. The average Bonchev–Trinajstić information content (AvgIpc) is 3.30. The number of methoxy groups -OCH3 is 6. The molecule has 188 valence electrons. The minimum atomic E-state index is -6.00. The smallest absolute Gasteiger partial charge is 0.496 e. The van der Waals surface area contributed by atoms with Gasteiger partial charge in [0.15, 0.2) is 23.0 Å². The van der Waals surface area contributed by atoms with Crippen molar-refractivity contribution in [3.63, 3.8) is 0 Å². The van der Waals surface area contributed by atoms with E-state index in [1.54, 1.807) is 42.7 Å². The second kappa shape index (κ2) is 11.6. The third kappa shape index (κ3) is 6.52. The molecule has 3 rings (SSSR count). The highest BCUT2D eigenvalue weighted by Gasteiger charge is 2.32. The van der Waals surface area contributed by atoms with Crippen LogP contribution >= 0.6 is 0 Å². The molecule has 34 heavy (non-hydrogen) atoms. The molecule has 0 N–H and O–H groups in total. The third-order valence-corrected chi connectivity index (χ3v) is 4.81. The lowest BCUT2D eigenvalue weighted by molar-refractivity contribution is -0.425. The number of anilines is 1. The van der Waals surface area contributed by atoms with E-state index < -0.39 is 7.25 Å². The predicted molar refractivity (Wildman–Crippen MR) is 121 cm³/mol. The van der Waals surface area contributed by atoms with Crippen LogP contribution in [0.5, 0.6) is 34.5 Å². The number of nitrogens with zero attached hydrogens (tertiary/aromatic N) is 2. The molecule has 0 saturated heterocycles. The van der Waals surface area contributed by atoms with Crippen molar-refractivity contribution in [2.24, 2.45) is 0 Å². The van der Waals surface area contributed by atoms with Gasteiger partial charge in [0.05, 0.1) is 42.7 Å². The summed E-state index contributed by atoms with van der Waals surface area (Å²) < 4.78 is 74.2. The monoisotopic (exact) mass is 490 g/mol. The topological polar surface area (TPSA) is 61.6 Å². The van der Waals surface area contributed by atoms with E-state index in [-0.39, 0.29) is 0 Å². The summed E-state index contributed by atoms with van der Waals surface area (Å²) in [5.74, 6) is 3.97. The molecule has 0 bridgehead atoms. The molecule has 13 heteroatoms. The molecule has 2 aromatic rings. The van der Waals surface area contributed by atoms with Gasteiger partial charge in [0.1, 0.15) is 24.6 Å². The largest absolute Gasteiger partial charge is 0.673 e. The van der Waals surface area contributed by atoms with Crippen LogP contribution in [-0.4, -0.2) is 73.9 Å². The zero-order valence-electron chi connectivity index (χ0n) is 19.7. The van der Waals surface area contributed by atoms with E-state index in [4.69, 9.17) is 28.4 Å². The van der Waals surface area contributed by atoms with Gasteiger partial charge in [-0.15, -0.1) is 0 Å². The zero-order chi connectivity index (χ0) is 25.5. The van der Waals surface area contributed by atoms with Gasteiger partial charge in [0, 0.05) is 24.3 Å². The molecule has 0 aliphatic carbocycles. The fourth-order valence-corrected chi connectivity index (χ4v) is 3.38. The first-order chi connectivity index (χ1) is 16.1. The van der Waals surface area contributed by atoms with Gasteiger partial charge in [-0.1, -0.05) is 0 Å². The lowest BCUT2D eigenvalue weighted by Crippen LogP contribution is -2.19. The van der Waals surface area contributed by atoms with Crippen LogP contribution in [0.4, 0.5) is 28.6 Å². The van der Waals surface area contributed by atoms with Crippen LogP contribution in [0.25, 0.3) is 0 Å². The summed E-state index contributed by atoms with van der Waals surface area (Å²) in [6.45, 7) is 1.44. The minimum absolute atomic E-state index is 0.660. The molecule has 0 amide bonds. The summed E-state index contributed by atoms with van der Waals surface area (Å²) in [7, 11) is 3.73. The van der Waals surface area contributed by atoms with Gasteiger partial charge in [-0.25, -0.2) is 9.48 Å². The maximum atomic E-state index is 9.75. The second-order valence-corrected chi connectivity index (χ2v) is 6.76. The number of hydrogen-bond acceptors (Lipinski definition) is 7. The number of hydrogen-bond donors (Lipinski definition) is 0. The number of halogens is 4. The summed E-state index contributed by atoms with van der Waals surface area (Å²) in [6.07, 6.45) is 1.99. The van der Waals surface area contributed by atoms with Crippen LogP contribution in [0.15, 0.2) is 24.3 Å². The Morgan fingerprint density at radius 3 is 1.41 bits per heavy atom. The minimum Gasteiger partial charge on any atom is -0.496 e. The van der Waals surface area contributed by atoms with E-state index >= 15 is 0 Å². The van der Waals surface area contributed by atoms with Crippen LogP contribution < -0.4 is 33.3 Å². The van der Waals surface area contributed by atoms with Crippen LogP contribution in [-0.2, 0) is 0 Å². The maximum absolute atomic E-state index is 9.75. The summed E-state index contributed by atoms with van der Waals surface area (Å²) in [6, 6.07) is 7.34. The molecule has 0 radical (unpaired) electrons. The van der Waals surface area contributed by atoms with Gasteiger partial charge >= 0.3 is 7.25 Å². The van der Waals surface area contributed by atoms with E-state index in [9.17, 15) is 17.3 Å². The van der Waals surface area contributed by atoms with Crippen LogP contribution in [0.1, 0.15) is 0 Å². The summed E-state index contributed by atoms with van der Waals surface area (Å²) in [5, 5.41) is 0. The lowest BCUT2D eigenvalue weighted by Gasteiger charge is -2.16. The van der Waals surface area contributed by atoms with E-state index in [0.717, 1.165) is 24.5 Å². The number of benzene rings is 2. The second-order valence-electron chi connectivity index (χ2n) is 6.76. The zero-order valence-corrected chi connectivity index (χ0v) is 19.7. The van der Waals surface area contributed by atoms with Gasteiger partial charge in [-0.2, -0.15) is 0 Å². The van der Waals surface area contributed by atoms with E-state index in [1.165, 1.54) is 0 Å². The molecule has 1 aliphatic rings.